The average Bonchev–Trinajstić information content (AvgIpc) is 2.96. The van der Waals surface area contributed by atoms with E-state index in [1.165, 1.54) is 0 Å². The second kappa shape index (κ2) is 4.49. The number of ether oxygens (including phenoxy) is 1. The molecule has 0 radical (unpaired) electrons. The first kappa shape index (κ1) is 11.3. The molecule has 1 unspecified atom stereocenters. The lowest BCUT2D eigenvalue weighted by atomic mass is 10.1. The Morgan fingerprint density at radius 2 is 2.44 bits per heavy atom. The van der Waals surface area contributed by atoms with Crippen molar-refractivity contribution in [1.29, 1.82) is 0 Å². The van der Waals surface area contributed by atoms with Crippen LogP contribution in [0.3, 0.4) is 0 Å². The van der Waals surface area contributed by atoms with Crippen LogP contribution < -0.4 is 10.6 Å². The van der Waals surface area contributed by atoms with Crippen molar-refractivity contribution in [2.45, 2.75) is 6.42 Å². The Kier molecular flexibility index (Phi) is 2.83. The monoisotopic (exact) mass is 247 g/mol. The molecular formula is C13H17N3O2. The van der Waals surface area contributed by atoms with Gasteiger partial charge in [-0.15, -0.1) is 0 Å². The van der Waals surface area contributed by atoms with Crippen LogP contribution in [0.5, 0.6) is 0 Å². The zero-order chi connectivity index (χ0) is 12.5. The van der Waals surface area contributed by atoms with Crippen molar-refractivity contribution in [3.63, 3.8) is 0 Å². The van der Waals surface area contributed by atoms with E-state index in [9.17, 15) is 0 Å². The number of oxazole rings is 1. The van der Waals surface area contributed by atoms with Gasteiger partial charge in [0.15, 0.2) is 5.58 Å². The molecule has 3 rings (SSSR count). The Morgan fingerprint density at radius 1 is 1.56 bits per heavy atom. The number of methoxy groups -OCH3 is 1. The van der Waals surface area contributed by atoms with Crippen molar-refractivity contribution in [3.8, 4) is 0 Å². The van der Waals surface area contributed by atoms with Crippen LogP contribution in [0.25, 0.3) is 11.1 Å². The van der Waals surface area contributed by atoms with Gasteiger partial charge in [-0.25, -0.2) is 0 Å². The van der Waals surface area contributed by atoms with Crippen molar-refractivity contribution < 1.29 is 9.15 Å². The molecular weight excluding hydrogens is 230 g/mol. The highest BCUT2D eigenvalue weighted by Gasteiger charge is 2.26. The fourth-order valence-electron chi connectivity index (χ4n) is 2.47. The number of anilines is 2. The summed E-state index contributed by atoms with van der Waals surface area (Å²) >= 11 is 0. The standard InChI is InChI=1S/C13H17N3O2/c1-17-8-9-5-6-16(7-9)13-15-12-10(14)3-2-4-11(12)18-13/h2-4,9H,5-8,14H2,1H3. The van der Waals surface area contributed by atoms with Gasteiger partial charge in [0.1, 0.15) is 5.52 Å². The molecule has 0 amide bonds. The minimum Gasteiger partial charge on any atom is -0.423 e. The number of aromatic nitrogens is 1. The van der Waals surface area contributed by atoms with Gasteiger partial charge in [-0.2, -0.15) is 4.98 Å². The van der Waals surface area contributed by atoms with Crippen molar-refractivity contribution in [2.24, 2.45) is 5.92 Å². The second-order valence-electron chi connectivity index (χ2n) is 4.75. The Hall–Kier alpha value is -1.75. The summed E-state index contributed by atoms with van der Waals surface area (Å²) in [5.74, 6) is 0.558. The Labute approximate surface area is 106 Å². The number of nitrogen functional groups attached to an aromatic ring is 1. The summed E-state index contributed by atoms with van der Waals surface area (Å²) in [7, 11) is 1.74. The van der Waals surface area contributed by atoms with Crippen LogP contribution in [0, 0.1) is 5.92 Å². The third-order valence-corrected chi connectivity index (χ3v) is 3.40. The molecule has 18 heavy (non-hydrogen) atoms. The summed E-state index contributed by atoms with van der Waals surface area (Å²) in [6.07, 6.45) is 1.11. The van der Waals surface area contributed by atoms with Gasteiger partial charge in [0, 0.05) is 26.1 Å². The van der Waals surface area contributed by atoms with Gasteiger partial charge in [-0.3, -0.25) is 0 Å². The maximum atomic E-state index is 5.88. The predicted octanol–water partition coefficient (Wildman–Crippen LogP) is 1.88. The average molecular weight is 247 g/mol. The summed E-state index contributed by atoms with van der Waals surface area (Å²) in [4.78, 5) is 6.64. The van der Waals surface area contributed by atoms with Crippen LogP contribution in [0.1, 0.15) is 6.42 Å². The molecule has 1 fully saturated rings. The van der Waals surface area contributed by atoms with E-state index in [1.54, 1.807) is 7.11 Å². The molecule has 0 saturated carbocycles. The Balaban J connectivity index is 1.85. The maximum absolute atomic E-state index is 5.88. The summed E-state index contributed by atoms with van der Waals surface area (Å²) in [5, 5.41) is 0. The minimum absolute atomic E-state index is 0.558. The quantitative estimate of drug-likeness (QED) is 0.839. The van der Waals surface area contributed by atoms with Gasteiger partial charge >= 0.3 is 0 Å². The van der Waals surface area contributed by atoms with Crippen molar-refractivity contribution >= 4 is 22.8 Å². The first-order chi connectivity index (χ1) is 8.78. The number of fused-ring (bicyclic) bond motifs is 1. The number of benzene rings is 1. The van der Waals surface area contributed by atoms with Gasteiger partial charge in [0.25, 0.3) is 6.01 Å². The number of para-hydroxylation sites is 1. The molecule has 5 nitrogen and oxygen atoms in total. The van der Waals surface area contributed by atoms with E-state index in [0.29, 0.717) is 17.6 Å². The van der Waals surface area contributed by atoms with E-state index in [2.05, 4.69) is 9.88 Å². The molecule has 1 saturated heterocycles. The molecule has 1 aliphatic heterocycles. The van der Waals surface area contributed by atoms with Crippen LogP contribution in [0.2, 0.25) is 0 Å². The highest BCUT2D eigenvalue weighted by molar-refractivity contribution is 5.86. The fraction of sp³-hybridized carbons (Fsp3) is 0.462. The number of nitrogens with zero attached hydrogens (tertiary/aromatic N) is 2. The topological polar surface area (TPSA) is 64.5 Å². The highest BCUT2D eigenvalue weighted by Crippen LogP contribution is 2.29. The molecule has 0 aliphatic carbocycles. The van der Waals surface area contributed by atoms with Crippen LogP contribution in [-0.2, 0) is 4.74 Å². The number of nitrogens with two attached hydrogens (primary N) is 1. The molecule has 1 aliphatic rings. The van der Waals surface area contributed by atoms with Crippen LogP contribution >= 0.6 is 0 Å². The molecule has 2 N–H and O–H groups in total. The normalized spacial score (nSPS) is 19.8. The van der Waals surface area contributed by atoms with Gasteiger partial charge in [0.2, 0.25) is 0 Å². The lowest BCUT2D eigenvalue weighted by molar-refractivity contribution is 0.160. The third-order valence-electron chi connectivity index (χ3n) is 3.40. The van der Waals surface area contributed by atoms with E-state index in [-0.39, 0.29) is 0 Å². The minimum atomic E-state index is 0.558. The van der Waals surface area contributed by atoms with Gasteiger partial charge < -0.3 is 19.8 Å². The molecule has 1 atom stereocenters. The molecule has 96 valence electrons. The lowest BCUT2D eigenvalue weighted by Crippen LogP contribution is -2.21. The summed E-state index contributed by atoms with van der Waals surface area (Å²) in [5.41, 5.74) is 8.05. The zero-order valence-corrected chi connectivity index (χ0v) is 10.4. The maximum Gasteiger partial charge on any atom is 0.298 e. The fourth-order valence-corrected chi connectivity index (χ4v) is 2.47. The lowest BCUT2D eigenvalue weighted by Gasteiger charge is -2.12. The van der Waals surface area contributed by atoms with Gasteiger partial charge in [0.05, 0.1) is 12.3 Å². The highest BCUT2D eigenvalue weighted by atomic mass is 16.5. The van der Waals surface area contributed by atoms with E-state index in [4.69, 9.17) is 14.9 Å². The number of hydrogen-bond acceptors (Lipinski definition) is 5. The summed E-state index contributed by atoms with van der Waals surface area (Å²) in [6.45, 7) is 2.68. The van der Waals surface area contributed by atoms with E-state index < -0.39 is 0 Å². The number of rotatable bonds is 3. The Morgan fingerprint density at radius 3 is 3.22 bits per heavy atom. The van der Waals surface area contributed by atoms with Crippen LogP contribution in [0.4, 0.5) is 11.7 Å². The smallest absolute Gasteiger partial charge is 0.298 e. The third kappa shape index (κ3) is 1.90. The molecule has 2 heterocycles. The molecule has 1 aromatic carbocycles. The number of hydrogen-bond donors (Lipinski definition) is 1. The first-order valence-electron chi connectivity index (χ1n) is 6.17. The predicted molar refractivity (Wildman–Crippen MR) is 70.6 cm³/mol. The molecule has 1 aromatic heterocycles. The summed E-state index contributed by atoms with van der Waals surface area (Å²) in [6, 6.07) is 6.28. The van der Waals surface area contributed by atoms with E-state index in [1.807, 2.05) is 18.2 Å². The molecule has 5 heteroatoms. The van der Waals surface area contributed by atoms with Crippen molar-refractivity contribution in [3.05, 3.63) is 18.2 Å². The first-order valence-corrected chi connectivity index (χ1v) is 6.17. The van der Waals surface area contributed by atoms with Crippen LogP contribution in [-0.4, -0.2) is 31.8 Å². The van der Waals surface area contributed by atoms with Crippen LogP contribution in [0.15, 0.2) is 22.6 Å². The second-order valence-corrected chi connectivity index (χ2v) is 4.75. The zero-order valence-electron chi connectivity index (χ0n) is 10.4. The summed E-state index contributed by atoms with van der Waals surface area (Å²) < 4.78 is 10.9. The largest absolute Gasteiger partial charge is 0.423 e. The van der Waals surface area contributed by atoms with Gasteiger partial charge in [-0.05, 0) is 18.6 Å². The van der Waals surface area contributed by atoms with Gasteiger partial charge in [-0.1, -0.05) is 6.07 Å². The SMILES string of the molecule is COCC1CCN(c2nc3c(N)cccc3o2)C1. The van der Waals surface area contributed by atoms with Crippen molar-refractivity contribution in [1.82, 2.24) is 4.98 Å². The molecule has 2 aromatic rings. The molecule has 0 bridgehead atoms. The van der Waals surface area contributed by atoms with E-state index in [0.717, 1.165) is 37.2 Å². The van der Waals surface area contributed by atoms with E-state index >= 15 is 0 Å². The Bertz CT molecular complexity index is 552. The molecule has 0 spiro atoms. The van der Waals surface area contributed by atoms with Crippen molar-refractivity contribution in [2.75, 3.05) is 37.4 Å².